The lowest BCUT2D eigenvalue weighted by molar-refractivity contribution is -0.123. The number of halogens is 1. The second-order valence-corrected chi connectivity index (χ2v) is 10.2. The summed E-state index contributed by atoms with van der Waals surface area (Å²) >= 11 is 3.47. The highest BCUT2D eigenvalue weighted by molar-refractivity contribution is 9.10. The van der Waals surface area contributed by atoms with E-state index in [1.807, 2.05) is 23.1 Å². The number of rotatable bonds is 4. The van der Waals surface area contributed by atoms with Gasteiger partial charge in [-0.15, -0.1) is 0 Å². The van der Waals surface area contributed by atoms with Gasteiger partial charge in [0, 0.05) is 29.8 Å². The number of amides is 1. The molecule has 0 aromatic heterocycles. The molecule has 0 saturated carbocycles. The van der Waals surface area contributed by atoms with Gasteiger partial charge in [0.25, 0.3) is 0 Å². The second-order valence-electron chi connectivity index (χ2n) is 7.39. The summed E-state index contributed by atoms with van der Waals surface area (Å²) in [7, 11) is -2.10. The number of ether oxygens (including phenoxy) is 1. The monoisotopic (exact) mass is 478 g/mol. The van der Waals surface area contributed by atoms with Gasteiger partial charge in [-0.05, 0) is 67.3 Å². The molecular formula is C21H23BrN2O4S. The third-order valence-corrected chi connectivity index (χ3v) is 8.01. The average Bonchev–Trinajstić information content (AvgIpc) is 3.16. The van der Waals surface area contributed by atoms with Crippen LogP contribution in [0.5, 0.6) is 5.75 Å². The normalized spacial score (nSPS) is 19.8. The maximum absolute atomic E-state index is 13.2. The van der Waals surface area contributed by atoms with Crippen molar-refractivity contribution in [2.75, 3.05) is 31.6 Å². The van der Waals surface area contributed by atoms with Crippen molar-refractivity contribution in [2.24, 2.45) is 5.92 Å². The van der Waals surface area contributed by atoms with E-state index in [0.717, 1.165) is 22.1 Å². The minimum absolute atomic E-state index is 0.0145. The van der Waals surface area contributed by atoms with E-state index in [4.69, 9.17) is 4.74 Å². The summed E-state index contributed by atoms with van der Waals surface area (Å²) in [5.74, 6) is 0.294. The average molecular weight is 479 g/mol. The number of anilines is 1. The number of nitrogens with zero attached hydrogens (tertiary/aromatic N) is 2. The number of methoxy groups -OCH3 is 1. The van der Waals surface area contributed by atoms with E-state index >= 15 is 0 Å². The second kappa shape index (κ2) is 8.08. The lowest BCUT2D eigenvalue weighted by Gasteiger charge is -2.33. The Labute approximate surface area is 179 Å². The summed E-state index contributed by atoms with van der Waals surface area (Å²) in [6.07, 6.45) is 2.20. The van der Waals surface area contributed by atoms with E-state index in [9.17, 15) is 13.2 Å². The SMILES string of the molecule is COc1ccc(S(=O)(=O)N2CCC[C@H](C(=O)N3CCc4cc(Br)ccc43)C2)cc1. The van der Waals surface area contributed by atoms with Crippen LogP contribution in [0.2, 0.25) is 0 Å². The molecule has 1 fully saturated rings. The molecule has 2 aromatic carbocycles. The largest absolute Gasteiger partial charge is 0.497 e. The van der Waals surface area contributed by atoms with Gasteiger partial charge >= 0.3 is 0 Å². The molecule has 154 valence electrons. The summed E-state index contributed by atoms with van der Waals surface area (Å²) < 4.78 is 33.7. The van der Waals surface area contributed by atoms with Crippen LogP contribution in [-0.2, 0) is 21.2 Å². The van der Waals surface area contributed by atoms with Crippen LogP contribution in [0.4, 0.5) is 5.69 Å². The molecule has 2 aliphatic rings. The number of carbonyl (C=O) groups excluding carboxylic acids is 1. The minimum atomic E-state index is -3.64. The summed E-state index contributed by atoms with van der Waals surface area (Å²) in [6.45, 7) is 1.30. The minimum Gasteiger partial charge on any atom is -0.497 e. The highest BCUT2D eigenvalue weighted by atomic mass is 79.9. The standard InChI is InChI=1S/C21H23BrN2O4S/c1-28-18-5-7-19(8-6-18)29(26,27)23-11-2-3-16(14-23)21(25)24-12-10-15-13-17(22)4-9-20(15)24/h4-9,13,16H,2-3,10-12,14H2,1H3/t16-/m0/s1. The Kier molecular flexibility index (Phi) is 5.68. The van der Waals surface area contributed by atoms with Crippen LogP contribution in [0.1, 0.15) is 18.4 Å². The van der Waals surface area contributed by atoms with Crippen LogP contribution in [0, 0.1) is 5.92 Å². The van der Waals surface area contributed by atoms with Gasteiger partial charge in [0.05, 0.1) is 17.9 Å². The van der Waals surface area contributed by atoms with Gasteiger partial charge in [-0.3, -0.25) is 4.79 Å². The first-order valence-electron chi connectivity index (χ1n) is 9.64. The van der Waals surface area contributed by atoms with Crippen LogP contribution in [0.25, 0.3) is 0 Å². The van der Waals surface area contributed by atoms with Crippen molar-refractivity contribution in [2.45, 2.75) is 24.2 Å². The number of fused-ring (bicyclic) bond motifs is 1. The molecule has 2 aliphatic heterocycles. The Morgan fingerprint density at radius 2 is 1.90 bits per heavy atom. The van der Waals surface area contributed by atoms with Gasteiger partial charge in [0.1, 0.15) is 5.75 Å². The fraction of sp³-hybridized carbons (Fsp3) is 0.381. The molecule has 1 atom stereocenters. The molecule has 4 rings (SSSR count). The van der Waals surface area contributed by atoms with Gasteiger partial charge in [0.2, 0.25) is 15.9 Å². The first-order chi connectivity index (χ1) is 13.9. The predicted molar refractivity (Wildman–Crippen MR) is 115 cm³/mol. The van der Waals surface area contributed by atoms with Crippen molar-refractivity contribution in [1.82, 2.24) is 4.31 Å². The zero-order chi connectivity index (χ0) is 20.6. The lowest BCUT2D eigenvalue weighted by Crippen LogP contribution is -2.46. The Hall–Kier alpha value is -1.90. The third kappa shape index (κ3) is 3.93. The number of hydrogen-bond acceptors (Lipinski definition) is 4. The molecule has 6 nitrogen and oxygen atoms in total. The van der Waals surface area contributed by atoms with Gasteiger partial charge in [0.15, 0.2) is 0 Å². The van der Waals surface area contributed by atoms with Gasteiger partial charge < -0.3 is 9.64 Å². The molecule has 0 N–H and O–H groups in total. The molecule has 0 spiro atoms. The summed E-state index contributed by atoms with van der Waals surface area (Å²) in [4.78, 5) is 15.3. The zero-order valence-electron chi connectivity index (χ0n) is 16.2. The molecule has 8 heteroatoms. The Morgan fingerprint density at radius 1 is 1.14 bits per heavy atom. The fourth-order valence-electron chi connectivity index (χ4n) is 4.08. The molecule has 2 heterocycles. The molecule has 2 aromatic rings. The fourth-order valence-corrected chi connectivity index (χ4v) is 6.01. The van der Waals surface area contributed by atoms with Crippen molar-refractivity contribution >= 4 is 37.5 Å². The van der Waals surface area contributed by atoms with Crippen LogP contribution < -0.4 is 9.64 Å². The number of benzene rings is 2. The van der Waals surface area contributed by atoms with Gasteiger partial charge in [-0.1, -0.05) is 15.9 Å². The van der Waals surface area contributed by atoms with Crippen LogP contribution in [0.15, 0.2) is 51.8 Å². The molecule has 29 heavy (non-hydrogen) atoms. The predicted octanol–water partition coefficient (Wildman–Crippen LogP) is 3.45. The number of sulfonamides is 1. The zero-order valence-corrected chi connectivity index (χ0v) is 18.6. The smallest absolute Gasteiger partial charge is 0.243 e. The summed E-state index contributed by atoms with van der Waals surface area (Å²) in [5.41, 5.74) is 2.08. The first kappa shape index (κ1) is 20.4. The topological polar surface area (TPSA) is 66.9 Å². The molecule has 0 radical (unpaired) electrons. The van der Waals surface area contributed by atoms with E-state index in [2.05, 4.69) is 15.9 Å². The van der Waals surface area contributed by atoms with E-state index < -0.39 is 10.0 Å². The van der Waals surface area contributed by atoms with Crippen molar-refractivity contribution in [1.29, 1.82) is 0 Å². The Morgan fingerprint density at radius 3 is 2.62 bits per heavy atom. The maximum atomic E-state index is 13.2. The van der Waals surface area contributed by atoms with Gasteiger partial charge in [-0.2, -0.15) is 4.31 Å². The van der Waals surface area contributed by atoms with Crippen molar-refractivity contribution < 1.29 is 17.9 Å². The highest BCUT2D eigenvalue weighted by Gasteiger charge is 2.37. The van der Waals surface area contributed by atoms with E-state index in [1.54, 1.807) is 31.4 Å². The quantitative estimate of drug-likeness (QED) is 0.674. The van der Waals surface area contributed by atoms with Crippen LogP contribution in [0.3, 0.4) is 0 Å². The highest BCUT2D eigenvalue weighted by Crippen LogP contribution is 2.33. The van der Waals surface area contributed by atoms with E-state index in [-0.39, 0.29) is 23.3 Å². The molecular weight excluding hydrogens is 456 g/mol. The molecule has 0 bridgehead atoms. The third-order valence-electron chi connectivity index (χ3n) is 5.63. The maximum Gasteiger partial charge on any atom is 0.243 e. The summed E-state index contributed by atoms with van der Waals surface area (Å²) in [5, 5.41) is 0. The molecule has 0 unspecified atom stereocenters. The number of carbonyl (C=O) groups is 1. The molecule has 1 saturated heterocycles. The van der Waals surface area contributed by atoms with Gasteiger partial charge in [-0.25, -0.2) is 8.42 Å². The Bertz CT molecular complexity index is 1020. The Balaban J connectivity index is 1.52. The lowest BCUT2D eigenvalue weighted by atomic mass is 9.98. The van der Waals surface area contributed by atoms with Crippen molar-refractivity contribution in [3.63, 3.8) is 0 Å². The summed E-state index contributed by atoms with van der Waals surface area (Å²) in [6, 6.07) is 12.3. The molecule has 1 amide bonds. The number of hydrogen-bond donors (Lipinski definition) is 0. The number of piperidine rings is 1. The first-order valence-corrected chi connectivity index (χ1v) is 11.9. The van der Waals surface area contributed by atoms with E-state index in [0.29, 0.717) is 31.7 Å². The van der Waals surface area contributed by atoms with Crippen LogP contribution in [-0.4, -0.2) is 45.4 Å². The van der Waals surface area contributed by atoms with Crippen molar-refractivity contribution in [3.8, 4) is 5.75 Å². The van der Waals surface area contributed by atoms with Crippen LogP contribution >= 0.6 is 15.9 Å². The van der Waals surface area contributed by atoms with Crippen molar-refractivity contribution in [3.05, 3.63) is 52.5 Å². The van der Waals surface area contributed by atoms with E-state index in [1.165, 1.54) is 4.31 Å². The molecule has 0 aliphatic carbocycles.